The van der Waals surface area contributed by atoms with Gasteiger partial charge in [0.2, 0.25) is 0 Å². The van der Waals surface area contributed by atoms with Gasteiger partial charge in [0, 0.05) is 17.7 Å². The van der Waals surface area contributed by atoms with Crippen LogP contribution in [0.2, 0.25) is 0 Å². The van der Waals surface area contributed by atoms with Crippen LogP contribution in [0.4, 0.5) is 5.69 Å². The van der Waals surface area contributed by atoms with Gasteiger partial charge in [0.15, 0.2) is 0 Å². The molecule has 6 heteroatoms. The Balaban J connectivity index is 2.51. The number of aromatic nitrogens is 1. The molecule has 0 amide bonds. The van der Waals surface area contributed by atoms with Gasteiger partial charge in [0.05, 0.1) is 16.8 Å². The van der Waals surface area contributed by atoms with Crippen molar-refractivity contribution in [3.63, 3.8) is 0 Å². The topological polar surface area (TPSA) is 50.3 Å². The first-order valence-electron chi connectivity index (χ1n) is 5.58. The average molecular weight is 341 g/mol. The fourth-order valence-electron chi connectivity index (χ4n) is 1.68. The van der Waals surface area contributed by atoms with Crippen LogP contribution in [-0.2, 0) is 10.0 Å². The normalized spacial score (nSPS) is 11.3. The molecule has 0 saturated carbocycles. The molecule has 100 valence electrons. The smallest absolute Gasteiger partial charge is 0.264 e. The van der Waals surface area contributed by atoms with E-state index in [2.05, 4.69) is 20.9 Å². The molecule has 0 unspecified atom stereocenters. The van der Waals surface area contributed by atoms with Crippen LogP contribution in [0.15, 0.2) is 52.1 Å². The van der Waals surface area contributed by atoms with Crippen molar-refractivity contribution in [1.29, 1.82) is 0 Å². The predicted octanol–water partition coefficient (Wildman–Crippen LogP) is 2.98. The van der Waals surface area contributed by atoms with Gasteiger partial charge in [-0.05, 0) is 36.8 Å². The van der Waals surface area contributed by atoms with Gasteiger partial charge in [0.25, 0.3) is 10.0 Å². The Morgan fingerprint density at radius 3 is 2.63 bits per heavy atom. The van der Waals surface area contributed by atoms with E-state index >= 15 is 0 Å². The molecule has 2 aromatic rings. The maximum Gasteiger partial charge on any atom is 0.264 e. The summed E-state index contributed by atoms with van der Waals surface area (Å²) in [6, 6.07) is 8.61. The first-order chi connectivity index (χ1) is 8.93. The second-order valence-electron chi connectivity index (χ2n) is 4.09. The highest BCUT2D eigenvalue weighted by Gasteiger charge is 2.23. The third-order valence-corrected chi connectivity index (χ3v) is 5.22. The zero-order valence-electron chi connectivity index (χ0n) is 10.5. The minimum Gasteiger partial charge on any atom is -0.268 e. The van der Waals surface area contributed by atoms with Gasteiger partial charge in [0.1, 0.15) is 0 Å². The van der Waals surface area contributed by atoms with Crippen LogP contribution >= 0.6 is 15.9 Å². The Bertz CT molecular complexity index is 687. The Morgan fingerprint density at radius 2 is 2.00 bits per heavy atom. The van der Waals surface area contributed by atoms with Crippen molar-refractivity contribution in [1.82, 2.24) is 4.98 Å². The van der Waals surface area contributed by atoms with Gasteiger partial charge in [-0.2, -0.15) is 0 Å². The molecule has 4 nitrogen and oxygen atoms in total. The molecule has 1 aromatic carbocycles. The third kappa shape index (κ3) is 2.79. The minimum absolute atomic E-state index is 0.285. The van der Waals surface area contributed by atoms with Gasteiger partial charge in [-0.15, -0.1) is 0 Å². The number of rotatable bonds is 3. The second kappa shape index (κ2) is 5.30. The summed E-state index contributed by atoms with van der Waals surface area (Å²) in [4.78, 5) is 4.22. The number of hydrogen-bond donors (Lipinski definition) is 0. The van der Waals surface area contributed by atoms with Crippen molar-refractivity contribution >= 4 is 31.6 Å². The van der Waals surface area contributed by atoms with E-state index in [1.165, 1.54) is 17.5 Å². The standard InChI is InChI=1S/C13H13BrN2O2S/c1-10-5-6-11(14)8-13(10)19(17,18)16(2)12-4-3-7-15-9-12/h3-9H,1-2H3. The number of hydrogen-bond acceptors (Lipinski definition) is 3. The van der Waals surface area contributed by atoms with Crippen LogP contribution in [0.5, 0.6) is 0 Å². The number of halogens is 1. The summed E-state index contributed by atoms with van der Waals surface area (Å²) in [5.74, 6) is 0. The zero-order chi connectivity index (χ0) is 14.0. The van der Waals surface area contributed by atoms with Gasteiger partial charge >= 0.3 is 0 Å². The zero-order valence-corrected chi connectivity index (χ0v) is 12.9. The number of aryl methyl sites for hydroxylation is 1. The van der Waals surface area contributed by atoms with Crippen molar-refractivity contribution < 1.29 is 8.42 Å². The van der Waals surface area contributed by atoms with E-state index in [0.29, 0.717) is 11.3 Å². The third-order valence-electron chi connectivity index (χ3n) is 2.80. The van der Waals surface area contributed by atoms with Crippen LogP contribution in [0.25, 0.3) is 0 Å². The molecule has 0 N–H and O–H groups in total. The summed E-state index contributed by atoms with van der Waals surface area (Å²) in [5, 5.41) is 0. The Morgan fingerprint density at radius 1 is 1.26 bits per heavy atom. The highest BCUT2D eigenvalue weighted by molar-refractivity contribution is 9.10. The van der Waals surface area contributed by atoms with E-state index in [9.17, 15) is 8.42 Å². The van der Waals surface area contributed by atoms with Crippen LogP contribution in [0.1, 0.15) is 5.56 Å². The van der Waals surface area contributed by atoms with Crippen LogP contribution in [-0.4, -0.2) is 20.4 Å². The molecule has 2 rings (SSSR count). The average Bonchev–Trinajstić information content (AvgIpc) is 2.41. The largest absolute Gasteiger partial charge is 0.268 e. The molecular weight excluding hydrogens is 328 g/mol. The van der Waals surface area contributed by atoms with Crippen molar-refractivity contribution in [2.45, 2.75) is 11.8 Å². The molecule has 19 heavy (non-hydrogen) atoms. The molecule has 0 atom stereocenters. The van der Waals surface area contributed by atoms with E-state index in [0.717, 1.165) is 4.47 Å². The van der Waals surface area contributed by atoms with Gasteiger partial charge in [-0.3, -0.25) is 9.29 Å². The summed E-state index contributed by atoms with van der Waals surface area (Å²) >= 11 is 3.30. The molecule has 0 aliphatic carbocycles. The second-order valence-corrected chi connectivity index (χ2v) is 6.95. The molecule has 0 saturated heterocycles. The van der Waals surface area contributed by atoms with Gasteiger partial charge in [-0.25, -0.2) is 8.42 Å². The van der Waals surface area contributed by atoms with E-state index < -0.39 is 10.0 Å². The summed E-state index contributed by atoms with van der Waals surface area (Å²) < 4.78 is 27.1. The van der Waals surface area contributed by atoms with Crippen LogP contribution in [0, 0.1) is 6.92 Å². The van der Waals surface area contributed by atoms with Gasteiger partial charge in [-0.1, -0.05) is 22.0 Å². The van der Waals surface area contributed by atoms with Crippen molar-refractivity contribution in [3.05, 3.63) is 52.8 Å². The van der Waals surface area contributed by atoms with E-state index in [1.54, 1.807) is 37.4 Å². The highest BCUT2D eigenvalue weighted by Crippen LogP contribution is 2.26. The highest BCUT2D eigenvalue weighted by atomic mass is 79.9. The molecule has 0 aliphatic heterocycles. The number of pyridine rings is 1. The number of nitrogens with zero attached hydrogens (tertiary/aromatic N) is 2. The van der Waals surface area contributed by atoms with E-state index in [-0.39, 0.29) is 4.90 Å². The first kappa shape index (κ1) is 14.0. The number of anilines is 1. The van der Waals surface area contributed by atoms with E-state index in [1.807, 2.05) is 6.07 Å². The minimum atomic E-state index is -3.58. The molecular formula is C13H13BrN2O2S. The maximum atomic E-state index is 12.6. The maximum absolute atomic E-state index is 12.6. The van der Waals surface area contributed by atoms with Gasteiger partial charge < -0.3 is 0 Å². The molecule has 1 heterocycles. The Labute approximate surface area is 121 Å². The first-order valence-corrected chi connectivity index (χ1v) is 7.81. The summed E-state index contributed by atoms with van der Waals surface area (Å²) in [5.41, 5.74) is 1.24. The molecule has 0 spiro atoms. The quantitative estimate of drug-likeness (QED) is 0.862. The van der Waals surface area contributed by atoms with Crippen LogP contribution in [0.3, 0.4) is 0 Å². The summed E-state index contributed by atoms with van der Waals surface area (Å²) in [6.45, 7) is 1.77. The number of sulfonamides is 1. The Kier molecular flexibility index (Phi) is 3.91. The molecule has 0 aliphatic rings. The number of benzene rings is 1. The van der Waals surface area contributed by atoms with Crippen molar-refractivity contribution in [2.24, 2.45) is 0 Å². The lowest BCUT2D eigenvalue weighted by molar-refractivity contribution is 0.593. The Hall–Kier alpha value is -1.40. The lowest BCUT2D eigenvalue weighted by atomic mass is 10.2. The molecule has 1 aromatic heterocycles. The predicted molar refractivity (Wildman–Crippen MR) is 78.7 cm³/mol. The monoisotopic (exact) mass is 340 g/mol. The summed E-state index contributed by atoms with van der Waals surface area (Å²) in [6.07, 6.45) is 3.12. The summed E-state index contributed by atoms with van der Waals surface area (Å²) in [7, 11) is -2.06. The molecule has 0 bridgehead atoms. The lowest BCUT2D eigenvalue weighted by Crippen LogP contribution is -2.27. The van der Waals surface area contributed by atoms with Crippen molar-refractivity contribution in [2.75, 3.05) is 11.4 Å². The molecule has 0 radical (unpaired) electrons. The van der Waals surface area contributed by atoms with Crippen LogP contribution < -0.4 is 4.31 Å². The SMILES string of the molecule is Cc1ccc(Br)cc1S(=O)(=O)N(C)c1cccnc1. The van der Waals surface area contributed by atoms with E-state index in [4.69, 9.17) is 0 Å². The fourth-order valence-corrected chi connectivity index (χ4v) is 3.62. The molecule has 0 fully saturated rings. The fraction of sp³-hybridized carbons (Fsp3) is 0.154. The van der Waals surface area contributed by atoms with Crippen molar-refractivity contribution in [3.8, 4) is 0 Å². The lowest BCUT2D eigenvalue weighted by Gasteiger charge is -2.20.